The van der Waals surface area contributed by atoms with Gasteiger partial charge in [0.15, 0.2) is 5.60 Å². The van der Waals surface area contributed by atoms with Crippen LogP contribution in [0.15, 0.2) is 77.7 Å². The first-order chi connectivity index (χ1) is 16.8. The molecule has 1 atom stereocenters. The second-order valence-electron chi connectivity index (χ2n) is 8.72. The lowest BCUT2D eigenvalue weighted by Crippen LogP contribution is -2.48. The van der Waals surface area contributed by atoms with Crippen molar-refractivity contribution in [1.29, 1.82) is 0 Å². The fourth-order valence-electron chi connectivity index (χ4n) is 4.49. The van der Waals surface area contributed by atoms with Crippen LogP contribution in [0.4, 0.5) is 0 Å². The average Bonchev–Trinajstić information content (AvgIpc) is 3.33. The molecular formula is C27H30N2O5S. The summed E-state index contributed by atoms with van der Waals surface area (Å²) in [6, 6.07) is 22.3. The number of nitrogens with one attached hydrogen (secondary N) is 1. The van der Waals surface area contributed by atoms with Crippen LogP contribution in [0.3, 0.4) is 0 Å². The molecule has 1 aliphatic heterocycles. The quantitative estimate of drug-likeness (QED) is 0.474. The van der Waals surface area contributed by atoms with Gasteiger partial charge in [-0.3, -0.25) is 4.79 Å². The van der Waals surface area contributed by atoms with Crippen molar-refractivity contribution in [2.24, 2.45) is 5.14 Å². The second-order valence-corrected chi connectivity index (χ2v) is 10.3. The van der Waals surface area contributed by atoms with Crippen LogP contribution in [0.1, 0.15) is 24.0 Å². The number of primary sulfonamides is 1. The number of nitrogens with two attached hydrogens (primary N) is 1. The highest BCUT2D eigenvalue weighted by Gasteiger charge is 2.42. The minimum atomic E-state index is -3.72. The van der Waals surface area contributed by atoms with Crippen LogP contribution in [-0.4, -0.2) is 40.2 Å². The number of rotatable bonds is 9. The second kappa shape index (κ2) is 10.6. The minimum absolute atomic E-state index is 0.0685. The van der Waals surface area contributed by atoms with E-state index in [1.54, 1.807) is 19.2 Å². The smallest absolute Gasteiger partial charge is 0.252 e. The molecule has 0 spiro atoms. The summed E-state index contributed by atoms with van der Waals surface area (Å²) in [5.41, 5.74) is 3.04. The Morgan fingerprint density at radius 1 is 1.06 bits per heavy atom. The van der Waals surface area contributed by atoms with Gasteiger partial charge in [0.2, 0.25) is 10.0 Å². The van der Waals surface area contributed by atoms with Crippen molar-refractivity contribution in [2.45, 2.75) is 36.2 Å². The largest absolute Gasteiger partial charge is 0.496 e. The summed E-state index contributed by atoms with van der Waals surface area (Å²) in [5, 5.41) is 8.16. The van der Waals surface area contributed by atoms with E-state index in [0.717, 1.165) is 34.4 Å². The standard InChI is InChI=1S/C27H30N2O5S/c1-33-25-9-3-2-8-24(25)22-7-4-6-21(18-22)19-27(15-5-17-34-27)26(30)29-16-14-20-10-12-23(13-11-20)35(28,31)32/h2-4,6-13,18H,5,14-17,19H2,1H3,(H,29,30)(H2,28,31,32). The van der Waals surface area contributed by atoms with Crippen LogP contribution in [0.25, 0.3) is 11.1 Å². The van der Waals surface area contributed by atoms with Gasteiger partial charge in [0.25, 0.3) is 5.91 Å². The molecule has 7 nitrogen and oxygen atoms in total. The van der Waals surface area contributed by atoms with Crippen molar-refractivity contribution >= 4 is 15.9 Å². The topological polar surface area (TPSA) is 108 Å². The van der Waals surface area contributed by atoms with Gasteiger partial charge in [-0.2, -0.15) is 0 Å². The highest BCUT2D eigenvalue weighted by atomic mass is 32.2. The Balaban J connectivity index is 1.44. The van der Waals surface area contributed by atoms with Crippen LogP contribution in [0, 0.1) is 0 Å². The fraction of sp³-hybridized carbons (Fsp3) is 0.296. The summed E-state index contributed by atoms with van der Waals surface area (Å²) in [6.07, 6.45) is 2.52. The maximum absolute atomic E-state index is 13.3. The summed E-state index contributed by atoms with van der Waals surface area (Å²) in [4.78, 5) is 13.3. The highest BCUT2D eigenvalue weighted by Crippen LogP contribution is 2.33. The number of hydrogen-bond donors (Lipinski definition) is 2. The van der Waals surface area contributed by atoms with Crippen molar-refractivity contribution in [2.75, 3.05) is 20.3 Å². The van der Waals surface area contributed by atoms with E-state index < -0.39 is 15.6 Å². The molecule has 1 saturated heterocycles. The third-order valence-corrected chi connectivity index (χ3v) is 7.23. The number of carbonyl (C=O) groups excluding carboxylic acids is 1. The van der Waals surface area contributed by atoms with Crippen LogP contribution in [0.2, 0.25) is 0 Å². The molecule has 8 heteroatoms. The molecule has 3 aromatic carbocycles. The van der Waals surface area contributed by atoms with E-state index in [9.17, 15) is 13.2 Å². The number of para-hydroxylation sites is 1. The number of amides is 1. The van der Waals surface area contributed by atoms with E-state index in [-0.39, 0.29) is 10.8 Å². The molecule has 0 aromatic heterocycles. The molecule has 4 rings (SSSR count). The highest BCUT2D eigenvalue weighted by molar-refractivity contribution is 7.89. The molecule has 1 fully saturated rings. The van der Waals surface area contributed by atoms with Gasteiger partial charge in [-0.1, -0.05) is 54.6 Å². The van der Waals surface area contributed by atoms with Crippen molar-refractivity contribution in [3.63, 3.8) is 0 Å². The summed E-state index contributed by atoms with van der Waals surface area (Å²) in [5.74, 6) is 0.671. The predicted octanol–water partition coefficient (Wildman–Crippen LogP) is 3.46. The van der Waals surface area contributed by atoms with Crippen LogP contribution in [-0.2, 0) is 32.4 Å². The van der Waals surface area contributed by atoms with E-state index in [4.69, 9.17) is 14.6 Å². The molecule has 1 unspecified atom stereocenters. The Bertz CT molecular complexity index is 1280. The molecule has 1 amide bonds. The normalized spacial score (nSPS) is 17.8. The number of benzene rings is 3. The van der Waals surface area contributed by atoms with E-state index in [1.807, 2.05) is 42.5 Å². The minimum Gasteiger partial charge on any atom is -0.496 e. The van der Waals surface area contributed by atoms with Gasteiger partial charge in [0.05, 0.1) is 12.0 Å². The molecule has 184 valence electrons. The summed E-state index contributed by atoms with van der Waals surface area (Å²) >= 11 is 0. The van der Waals surface area contributed by atoms with Gasteiger partial charge in [-0.15, -0.1) is 0 Å². The molecule has 3 N–H and O–H groups in total. The van der Waals surface area contributed by atoms with Crippen LogP contribution < -0.4 is 15.2 Å². The lowest BCUT2D eigenvalue weighted by Gasteiger charge is -2.27. The summed E-state index contributed by atoms with van der Waals surface area (Å²) in [6.45, 7) is 0.967. The van der Waals surface area contributed by atoms with Crippen LogP contribution >= 0.6 is 0 Å². The number of carbonyl (C=O) groups is 1. The number of ether oxygens (including phenoxy) is 2. The van der Waals surface area contributed by atoms with Crippen molar-refractivity contribution < 1.29 is 22.7 Å². The monoisotopic (exact) mass is 494 g/mol. The third-order valence-electron chi connectivity index (χ3n) is 6.30. The van der Waals surface area contributed by atoms with E-state index in [2.05, 4.69) is 11.4 Å². The maximum atomic E-state index is 13.3. The Morgan fingerprint density at radius 3 is 2.51 bits per heavy atom. The zero-order valence-corrected chi connectivity index (χ0v) is 20.5. The van der Waals surface area contributed by atoms with Gasteiger partial charge < -0.3 is 14.8 Å². The Hall–Kier alpha value is -3.20. The molecule has 0 radical (unpaired) electrons. The molecule has 0 saturated carbocycles. The predicted molar refractivity (Wildman–Crippen MR) is 135 cm³/mol. The van der Waals surface area contributed by atoms with E-state index >= 15 is 0 Å². The molecule has 35 heavy (non-hydrogen) atoms. The Labute approximate surface area is 206 Å². The van der Waals surface area contributed by atoms with E-state index in [1.165, 1.54) is 12.1 Å². The first-order valence-corrected chi connectivity index (χ1v) is 13.1. The first-order valence-electron chi connectivity index (χ1n) is 11.6. The van der Waals surface area contributed by atoms with Crippen molar-refractivity contribution in [3.8, 4) is 16.9 Å². The maximum Gasteiger partial charge on any atom is 0.252 e. The van der Waals surface area contributed by atoms with Crippen molar-refractivity contribution in [3.05, 3.63) is 83.9 Å². The Morgan fingerprint density at radius 2 is 1.83 bits per heavy atom. The van der Waals surface area contributed by atoms with Gasteiger partial charge in [0, 0.05) is 25.1 Å². The molecular weight excluding hydrogens is 464 g/mol. The molecule has 0 aliphatic carbocycles. The zero-order valence-electron chi connectivity index (χ0n) is 19.7. The lowest BCUT2D eigenvalue weighted by atomic mass is 9.89. The van der Waals surface area contributed by atoms with Gasteiger partial charge in [0.1, 0.15) is 5.75 Å². The third kappa shape index (κ3) is 5.90. The van der Waals surface area contributed by atoms with E-state index in [0.29, 0.717) is 32.4 Å². The summed E-state index contributed by atoms with van der Waals surface area (Å²) in [7, 11) is -2.07. The van der Waals surface area contributed by atoms with Gasteiger partial charge in [-0.25, -0.2) is 13.6 Å². The van der Waals surface area contributed by atoms with Gasteiger partial charge >= 0.3 is 0 Å². The number of sulfonamides is 1. The van der Waals surface area contributed by atoms with Gasteiger partial charge in [-0.05, 0) is 54.2 Å². The summed E-state index contributed by atoms with van der Waals surface area (Å²) < 4.78 is 34.4. The average molecular weight is 495 g/mol. The Kier molecular flexibility index (Phi) is 7.54. The number of hydrogen-bond acceptors (Lipinski definition) is 5. The zero-order chi connectivity index (χ0) is 24.9. The number of methoxy groups -OCH3 is 1. The molecule has 1 aliphatic rings. The van der Waals surface area contributed by atoms with Crippen molar-refractivity contribution in [1.82, 2.24) is 5.32 Å². The molecule has 0 bridgehead atoms. The fourth-order valence-corrected chi connectivity index (χ4v) is 5.00. The first kappa shape index (κ1) is 24.9. The molecule has 3 aromatic rings. The lowest BCUT2D eigenvalue weighted by molar-refractivity contribution is -0.141. The molecule has 1 heterocycles. The van der Waals surface area contributed by atoms with Crippen LogP contribution in [0.5, 0.6) is 5.75 Å². The SMILES string of the molecule is COc1ccccc1-c1cccc(CC2(C(=O)NCCc3ccc(S(N)(=O)=O)cc3)CCCO2)c1.